The number of aliphatic hydroxyl groups excluding tert-OH is 1. The molecule has 1 aromatic carbocycles. The molecule has 2 heterocycles. The van der Waals surface area contributed by atoms with Crippen LogP contribution < -0.4 is 21.3 Å². The number of aryl methyl sites for hydroxylation is 2. The van der Waals surface area contributed by atoms with Gasteiger partial charge in [0.15, 0.2) is 11.2 Å². The number of nitrogens with zero attached hydrogens (tertiary/aromatic N) is 5. The number of rotatable bonds is 11. The van der Waals surface area contributed by atoms with Crippen molar-refractivity contribution in [2.75, 3.05) is 38.1 Å². The summed E-state index contributed by atoms with van der Waals surface area (Å²) in [6, 6.07) is 7.59. The zero-order valence-corrected chi connectivity index (χ0v) is 20.0. The molecule has 2 N–H and O–H groups in total. The average Bonchev–Trinajstić information content (AvgIpc) is 3.16. The second kappa shape index (κ2) is 10.7. The Hall–Kier alpha value is -3.11. The van der Waals surface area contributed by atoms with E-state index in [1.165, 1.54) is 11.6 Å². The molecule has 0 saturated heterocycles. The Labute approximate surface area is 193 Å². The van der Waals surface area contributed by atoms with Crippen molar-refractivity contribution < 1.29 is 9.84 Å². The van der Waals surface area contributed by atoms with Crippen LogP contribution in [0.5, 0.6) is 5.75 Å². The smallest absolute Gasteiger partial charge is 0.332 e. The van der Waals surface area contributed by atoms with Gasteiger partial charge in [-0.25, -0.2) is 4.79 Å². The first-order chi connectivity index (χ1) is 15.8. The van der Waals surface area contributed by atoms with Gasteiger partial charge in [0.05, 0.1) is 6.54 Å². The van der Waals surface area contributed by atoms with Crippen molar-refractivity contribution in [3.05, 3.63) is 50.7 Å². The van der Waals surface area contributed by atoms with Crippen LogP contribution in [-0.4, -0.2) is 67.6 Å². The van der Waals surface area contributed by atoms with Gasteiger partial charge in [0.1, 0.15) is 18.5 Å². The summed E-state index contributed by atoms with van der Waals surface area (Å²) in [6.45, 7) is 9.57. The number of aliphatic hydroxyl groups is 1. The molecular formula is C23H34N6O4. The van der Waals surface area contributed by atoms with Gasteiger partial charge in [-0.2, -0.15) is 4.98 Å². The summed E-state index contributed by atoms with van der Waals surface area (Å²) in [5.74, 6) is 1.10. The Kier molecular flexibility index (Phi) is 7.93. The van der Waals surface area contributed by atoms with Crippen LogP contribution in [0.4, 0.5) is 5.95 Å². The topological polar surface area (TPSA) is 107 Å². The fraction of sp³-hybridized carbons (Fsp3) is 0.522. The van der Waals surface area contributed by atoms with E-state index in [0.717, 1.165) is 29.8 Å². The number of fused-ring (bicyclic) bond motifs is 1. The summed E-state index contributed by atoms with van der Waals surface area (Å²) < 4.78 is 9.78. The van der Waals surface area contributed by atoms with Crippen LogP contribution in [0.15, 0.2) is 33.9 Å². The van der Waals surface area contributed by atoms with Crippen molar-refractivity contribution in [1.82, 2.24) is 23.6 Å². The number of imidazole rings is 1. The minimum absolute atomic E-state index is 0.0497. The summed E-state index contributed by atoms with van der Waals surface area (Å²) in [5, 5.41) is 14.0. The number of nitrogens with one attached hydrogen (secondary N) is 1. The van der Waals surface area contributed by atoms with Crippen LogP contribution >= 0.6 is 0 Å². The molecule has 0 unspecified atom stereocenters. The Morgan fingerprint density at radius 3 is 2.58 bits per heavy atom. The standard InChI is InChI=1S/C23H34N6O4/c1-6-28(7-2)12-11-24-22-25-20-19(21(31)27(5)23(32)26(20)4)29(22)14-17(30)15-33-18-10-8-9-16(3)13-18/h8-10,13,17,30H,6-7,11-12,14-15H2,1-5H3,(H,24,25)/t17-/m0/s1. The van der Waals surface area contributed by atoms with E-state index in [-0.39, 0.29) is 24.3 Å². The van der Waals surface area contributed by atoms with Crippen molar-refractivity contribution in [1.29, 1.82) is 0 Å². The Balaban J connectivity index is 1.89. The molecule has 3 aromatic rings. The van der Waals surface area contributed by atoms with E-state index >= 15 is 0 Å². The fourth-order valence-corrected chi connectivity index (χ4v) is 3.79. The van der Waals surface area contributed by atoms with E-state index in [9.17, 15) is 14.7 Å². The zero-order valence-electron chi connectivity index (χ0n) is 20.0. The predicted octanol–water partition coefficient (Wildman–Crippen LogP) is 0.936. The lowest BCUT2D eigenvalue weighted by Gasteiger charge is -2.19. The first kappa shape index (κ1) is 24.5. The van der Waals surface area contributed by atoms with Gasteiger partial charge >= 0.3 is 5.69 Å². The van der Waals surface area contributed by atoms with E-state index in [2.05, 4.69) is 29.0 Å². The summed E-state index contributed by atoms with van der Waals surface area (Å²) in [6.07, 6.45) is -0.895. The van der Waals surface area contributed by atoms with E-state index < -0.39 is 17.4 Å². The number of aromatic nitrogens is 4. The van der Waals surface area contributed by atoms with Gasteiger partial charge in [0.2, 0.25) is 5.95 Å². The second-order valence-electron chi connectivity index (χ2n) is 8.16. The summed E-state index contributed by atoms with van der Waals surface area (Å²) in [7, 11) is 3.02. The van der Waals surface area contributed by atoms with Crippen LogP contribution in [0.1, 0.15) is 19.4 Å². The third-order valence-corrected chi connectivity index (χ3v) is 5.78. The van der Waals surface area contributed by atoms with Crippen molar-refractivity contribution in [3.63, 3.8) is 0 Å². The van der Waals surface area contributed by atoms with Crippen molar-refractivity contribution >= 4 is 17.1 Å². The molecular weight excluding hydrogens is 424 g/mol. The normalized spacial score (nSPS) is 12.5. The van der Waals surface area contributed by atoms with Gasteiger partial charge < -0.3 is 24.6 Å². The Morgan fingerprint density at radius 2 is 1.91 bits per heavy atom. The first-order valence-corrected chi connectivity index (χ1v) is 11.3. The molecule has 2 aromatic heterocycles. The minimum Gasteiger partial charge on any atom is -0.491 e. The highest BCUT2D eigenvalue weighted by atomic mass is 16.5. The van der Waals surface area contributed by atoms with Gasteiger partial charge in [-0.1, -0.05) is 26.0 Å². The lowest BCUT2D eigenvalue weighted by atomic mass is 10.2. The monoisotopic (exact) mass is 458 g/mol. The molecule has 0 radical (unpaired) electrons. The molecule has 0 bridgehead atoms. The third-order valence-electron chi connectivity index (χ3n) is 5.78. The van der Waals surface area contributed by atoms with Crippen LogP contribution in [0, 0.1) is 6.92 Å². The van der Waals surface area contributed by atoms with Gasteiger partial charge in [-0.3, -0.25) is 13.9 Å². The molecule has 1 atom stereocenters. The molecule has 0 amide bonds. The number of likely N-dealkylation sites (N-methyl/N-ethyl adjacent to an activating group) is 1. The largest absolute Gasteiger partial charge is 0.491 e. The predicted molar refractivity (Wildman–Crippen MR) is 129 cm³/mol. The van der Waals surface area contributed by atoms with E-state index in [0.29, 0.717) is 18.2 Å². The van der Waals surface area contributed by atoms with E-state index in [1.807, 2.05) is 31.2 Å². The maximum Gasteiger partial charge on any atom is 0.332 e. The van der Waals surface area contributed by atoms with Gasteiger partial charge in [0.25, 0.3) is 5.56 Å². The fourth-order valence-electron chi connectivity index (χ4n) is 3.79. The van der Waals surface area contributed by atoms with Crippen LogP contribution in [-0.2, 0) is 20.6 Å². The quantitative estimate of drug-likeness (QED) is 0.440. The molecule has 0 aliphatic heterocycles. The molecule has 0 saturated carbocycles. The van der Waals surface area contributed by atoms with E-state index in [1.54, 1.807) is 11.6 Å². The number of hydrogen-bond acceptors (Lipinski definition) is 7. The van der Waals surface area contributed by atoms with Crippen molar-refractivity contribution in [2.24, 2.45) is 14.1 Å². The average molecular weight is 459 g/mol. The summed E-state index contributed by atoms with van der Waals surface area (Å²) in [4.78, 5) is 32.1. The molecule has 3 rings (SSSR count). The molecule has 0 aliphatic rings. The minimum atomic E-state index is -0.895. The molecule has 180 valence electrons. The Morgan fingerprint density at radius 1 is 1.18 bits per heavy atom. The van der Waals surface area contributed by atoms with Gasteiger partial charge in [-0.15, -0.1) is 0 Å². The van der Waals surface area contributed by atoms with Crippen molar-refractivity contribution in [2.45, 2.75) is 33.4 Å². The van der Waals surface area contributed by atoms with Crippen LogP contribution in [0.2, 0.25) is 0 Å². The highest BCUT2D eigenvalue weighted by Gasteiger charge is 2.21. The number of hydrogen-bond donors (Lipinski definition) is 2. The molecule has 0 aliphatic carbocycles. The molecule has 10 nitrogen and oxygen atoms in total. The molecule has 33 heavy (non-hydrogen) atoms. The number of anilines is 1. The third kappa shape index (κ3) is 5.45. The summed E-state index contributed by atoms with van der Waals surface area (Å²) >= 11 is 0. The lowest BCUT2D eigenvalue weighted by Crippen LogP contribution is -2.38. The highest BCUT2D eigenvalue weighted by molar-refractivity contribution is 5.74. The maximum absolute atomic E-state index is 12.9. The van der Waals surface area contributed by atoms with Crippen LogP contribution in [0.25, 0.3) is 11.2 Å². The highest BCUT2D eigenvalue weighted by Crippen LogP contribution is 2.17. The SMILES string of the molecule is CCN(CC)CCNc1nc2c(c(=O)n(C)c(=O)n2C)n1C[C@H](O)COc1cccc(C)c1. The van der Waals surface area contributed by atoms with E-state index in [4.69, 9.17) is 4.74 Å². The van der Waals surface area contributed by atoms with Crippen LogP contribution in [0.3, 0.4) is 0 Å². The molecule has 0 spiro atoms. The zero-order chi connectivity index (χ0) is 24.1. The summed E-state index contributed by atoms with van der Waals surface area (Å²) in [5.41, 5.74) is 0.700. The lowest BCUT2D eigenvalue weighted by molar-refractivity contribution is 0.0938. The first-order valence-electron chi connectivity index (χ1n) is 11.3. The van der Waals surface area contributed by atoms with Gasteiger partial charge in [-0.05, 0) is 37.7 Å². The molecule has 0 fully saturated rings. The Bertz CT molecular complexity index is 1210. The van der Waals surface area contributed by atoms with Gasteiger partial charge in [0, 0.05) is 27.2 Å². The van der Waals surface area contributed by atoms with Crippen molar-refractivity contribution in [3.8, 4) is 5.75 Å². The second-order valence-corrected chi connectivity index (χ2v) is 8.16. The molecule has 10 heteroatoms. The maximum atomic E-state index is 12.9. The number of benzene rings is 1. The number of ether oxygens (including phenoxy) is 1.